The molecule has 2 aromatic rings. The monoisotopic (exact) mass is 296 g/mol. The maximum absolute atomic E-state index is 13.4. The summed E-state index contributed by atoms with van der Waals surface area (Å²) in [6.45, 7) is 0.463. The fraction of sp³-hybridized carbons (Fsp3) is 0.0833. The first-order valence-electron chi connectivity index (χ1n) is 4.97. The summed E-state index contributed by atoms with van der Waals surface area (Å²) in [6.07, 6.45) is 1.48. The molecule has 0 saturated heterocycles. The molecule has 5 heteroatoms. The summed E-state index contributed by atoms with van der Waals surface area (Å²) in [5, 5.41) is 0. The zero-order chi connectivity index (χ0) is 12.3. The Kier molecular flexibility index (Phi) is 3.71. The Balaban J connectivity index is 2.19. The van der Waals surface area contributed by atoms with Crippen LogP contribution in [0, 0.1) is 5.82 Å². The summed E-state index contributed by atoms with van der Waals surface area (Å²) in [5.74, 6) is -0.0353. The molecule has 0 unspecified atom stereocenters. The van der Waals surface area contributed by atoms with Crippen LogP contribution in [0.2, 0.25) is 0 Å². The van der Waals surface area contributed by atoms with E-state index in [-0.39, 0.29) is 5.88 Å². The Morgan fingerprint density at radius 1 is 1.29 bits per heavy atom. The summed E-state index contributed by atoms with van der Waals surface area (Å²) < 4.78 is 19.3. The van der Waals surface area contributed by atoms with Gasteiger partial charge in [-0.2, -0.15) is 0 Å². The SMILES string of the molecule is NCc1ccc(Oc2ncc(Br)cc2F)cc1. The molecule has 88 valence electrons. The fourth-order valence-electron chi connectivity index (χ4n) is 1.28. The van der Waals surface area contributed by atoms with Crippen molar-refractivity contribution in [1.29, 1.82) is 0 Å². The van der Waals surface area contributed by atoms with Crippen LogP contribution >= 0.6 is 15.9 Å². The molecule has 1 aromatic carbocycles. The summed E-state index contributed by atoms with van der Waals surface area (Å²) in [4.78, 5) is 3.85. The average Bonchev–Trinajstić information content (AvgIpc) is 2.34. The first-order valence-corrected chi connectivity index (χ1v) is 5.76. The van der Waals surface area contributed by atoms with Crippen LogP contribution in [0.1, 0.15) is 5.56 Å². The number of nitrogens with two attached hydrogens (primary N) is 1. The molecule has 0 amide bonds. The lowest BCUT2D eigenvalue weighted by molar-refractivity contribution is 0.422. The molecular formula is C12H10BrFN2O. The van der Waals surface area contributed by atoms with E-state index in [1.54, 1.807) is 12.1 Å². The summed E-state index contributed by atoms with van der Waals surface area (Å²) in [6, 6.07) is 8.41. The number of benzene rings is 1. The zero-order valence-electron chi connectivity index (χ0n) is 8.86. The number of ether oxygens (including phenoxy) is 1. The van der Waals surface area contributed by atoms with Gasteiger partial charge in [0, 0.05) is 17.2 Å². The molecular weight excluding hydrogens is 287 g/mol. The van der Waals surface area contributed by atoms with Crippen LogP contribution in [-0.4, -0.2) is 4.98 Å². The van der Waals surface area contributed by atoms with Crippen LogP contribution in [0.15, 0.2) is 41.0 Å². The third-order valence-corrected chi connectivity index (χ3v) is 2.58. The van der Waals surface area contributed by atoms with E-state index in [4.69, 9.17) is 10.5 Å². The summed E-state index contributed by atoms with van der Waals surface area (Å²) in [7, 11) is 0. The third-order valence-electron chi connectivity index (χ3n) is 2.15. The molecule has 0 bridgehead atoms. The van der Waals surface area contributed by atoms with Gasteiger partial charge in [0.2, 0.25) is 0 Å². The molecule has 0 atom stereocenters. The van der Waals surface area contributed by atoms with Crippen LogP contribution in [0.25, 0.3) is 0 Å². The molecule has 0 saturated carbocycles. The van der Waals surface area contributed by atoms with Gasteiger partial charge in [-0.3, -0.25) is 0 Å². The van der Waals surface area contributed by atoms with Crippen LogP contribution in [0.5, 0.6) is 11.6 Å². The number of pyridine rings is 1. The molecule has 0 radical (unpaired) electrons. The van der Waals surface area contributed by atoms with Gasteiger partial charge in [0.1, 0.15) is 5.75 Å². The number of halogens is 2. The molecule has 2 rings (SSSR count). The first-order chi connectivity index (χ1) is 8.19. The maximum Gasteiger partial charge on any atom is 0.255 e. The topological polar surface area (TPSA) is 48.1 Å². The Morgan fingerprint density at radius 2 is 2.00 bits per heavy atom. The predicted octanol–water partition coefficient (Wildman–Crippen LogP) is 3.23. The number of hydrogen-bond donors (Lipinski definition) is 1. The highest BCUT2D eigenvalue weighted by Crippen LogP contribution is 2.24. The minimum atomic E-state index is -0.512. The lowest BCUT2D eigenvalue weighted by atomic mass is 10.2. The minimum absolute atomic E-state index is 0.0475. The standard InChI is InChI=1S/C12H10BrFN2O/c13-9-5-11(14)12(16-7-9)17-10-3-1-8(6-15)2-4-10/h1-5,7H,6,15H2. The van der Waals surface area contributed by atoms with E-state index in [0.29, 0.717) is 16.8 Å². The predicted molar refractivity (Wildman–Crippen MR) is 66.3 cm³/mol. The first kappa shape index (κ1) is 12.0. The van der Waals surface area contributed by atoms with Gasteiger partial charge in [0.15, 0.2) is 5.82 Å². The Labute approximate surface area is 107 Å². The maximum atomic E-state index is 13.4. The van der Waals surface area contributed by atoms with Gasteiger partial charge in [-0.25, -0.2) is 9.37 Å². The molecule has 0 aliphatic carbocycles. The van der Waals surface area contributed by atoms with E-state index >= 15 is 0 Å². The van der Waals surface area contributed by atoms with Crippen molar-refractivity contribution in [3.05, 3.63) is 52.4 Å². The van der Waals surface area contributed by atoms with Crippen molar-refractivity contribution in [2.45, 2.75) is 6.54 Å². The van der Waals surface area contributed by atoms with Crippen molar-refractivity contribution < 1.29 is 9.13 Å². The second-order valence-corrected chi connectivity index (χ2v) is 4.31. The van der Waals surface area contributed by atoms with E-state index in [1.165, 1.54) is 12.3 Å². The second kappa shape index (κ2) is 5.25. The molecule has 0 aliphatic rings. The Hall–Kier alpha value is -1.46. The van der Waals surface area contributed by atoms with Gasteiger partial charge < -0.3 is 10.5 Å². The highest BCUT2D eigenvalue weighted by atomic mass is 79.9. The molecule has 1 heterocycles. The van der Waals surface area contributed by atoms with Gasteiger partial charge in [-0.15, -0.1) is 0 Å². The lowest BCUT2D eigenvalue weighted by Crippen LogP contribution is -1.96. The Bertz CT molecular complexity index is 516. The van der Waals surface area contributed by atoms with Crippen LogP contribution in [0.3, 0.4) is 0 Å². The molecule has 0 fully saturated rings. The van der Waals surface area contributed by atoms with E-state index in [9.17, 15) is 4.39 Å². The molecule has 0 spiro atoms. The molecule has 17 heavy (non-hydrogen) atoms. The van der Waals surface area contributed by atoms with Crippen molar-refractivity contribution in [2.75, 3.05) is 0 Å². The quantitative estimate of drug-likeness (QED) is 0.946. The molecule has 2 N–H and O–H groups in total. The number of rotatable bonds is 3. The van der Waals surface area contributed by atoms with E-state index in [2.05, 4.69) is 20.9 Å². The number of hydrogen-bond acceptors (Lipinski definition) is 3. The average molecular weight is 297 g/mol. The van der Waals surface area contributed by atoms with Crippen LogP contribution in [-0.2, 0) is 6.54 Å². The summed E-state index contributed by atoms with van der Waals surface area (Å²) >= 11 is 3.13. The van der Waals surface area contributed by atoms with Gasteiger partial charge in [0.25, 0.3) is 5.88 Å². The Morgan fingerprint density at radius 3 is 2.59 bits per heavy atom. The van der Waals surface area contributed by atoms with E-state index < -0.39 is 5.82 Å². The van der Waals surface area contributed by atoms with E-state index in [1.807, 2.05) is 12.1 Å². The fourth-order valence-corrected chi connectivity index (χ4v) is 1.59. The lowest BCUT2D eigenvalue weighted by Gasteiger charge is -2.06. The van der Waals surface area contributed by atoms with Crippen molar-refractivity contribution in [1.82, 2.24) is 4.98 Å². The van der Waals surface area contributed by atoms with Gasteiger partial charge in [0.05, 0.1) is 0 Å². The summed E-state index contributed by atoms with van der Waals surface area (Å²) in [5.41, 5.74) is 6.46. The van der Waals surface area contributed by atoms with Gasteiger partial charge in [-0.1, -0.05) is 12.1 Å². The highest BCUT2D eigenvalue weighted by Gasteiger charge is 2.06. The normalized spacial score (nSPS) is 10.3. The number of aromatic nitrogens is 1. The highest BCUT2D eigenvalue weighted by molar-refractivity contribution is 9.10. The van der Waals surface area contributed by atoms with Crippen molar-refractivity contribution in [3.8, 4) is 11.6 Å². The minimum Gasteiger partial charge on any atom is -0.436 e. The third kappa shape index (κ3) is 3.01. The number of nitrogens with zero attached hydrogens (tertiary/aromatic N) is 1. The second-order valence-electron chi connectivity index (χ2n) is 3.39. The van der Waals surface area contributed by atoms with Crippen molar-refractivity contribution >= 4 is 15.9 Å². The molecule has 3 nitrogen and oxygen atoms in total. The molecule has 1 aromatic heterocycles. The smallest absolute Gasteiger partial charge is 0.255 e. The molecule has 0 aliphatic heterocycles. The van der Waals surface area contributed by atoms with Crippen LogP contribution < -0.4 is 10.5 Å². The largest absolute Gasteiger partial charge is 0.436 e. The van der Waals surface area contributed by atoms with Gasteiger partial charge in [-0.05, 0) is 39.7 Å². The van der Waals surface area contributed by atoms with Gasteiger partial charge >= 0.3 is 0 Å². The van der Waals surface area contributed by atoms with E-state index in [0.717, 1.165) is 5.56 Å². The van der Waals surface area contributed by atoms with Crippen molar-refractivity contribution in [3.63, 3.8) is 0 Å². The van der Waals surface area contributed by atoms with Crippen LogP contribution in [0.4, 0.5) is 4.39 Å². The zero-order valence-corrected chi connectivity index (χ0v) is 10.4. The van der Waals surface area contributed by atoms with Crippen molar-refractivity contribution in [2.24, 2.45) is 5.73 Å².